The van der Waals surface area contributed by atoms with E-state index in [1.165, 1.54) is 56.3 Å². The Morgan fingerprint density at radius 3 is 1.93 bits per heavy atom. The van der Waals surface area contributed by atoms with Gasteiger partial charge in [-0.2, -0.15) is 0 Å². The molecule has 0 saturated carbocycles. The Kier molecular flexibility index (Phi) is 12.8. The van der Waals surface area contributed by atoms with Gasteiger partial charge < -0.3 is 14.4 Å². The van der Waals surface area contributed by atoms with Gasteiger partial charge in [-0.25, -0.2) is 0 Å². The smallest absolute Gasteiger partial charge is 0.325 e. The fourth-order valence-corrected chi connectivity index (χ4v) is 3.04. The topological polar surface area (TPSA) is 55.8 Å². The van der Waals surface area contributed by atoms with Crippen LogP contribution in [-0.2, 0) is 9.53 Å². The first-order valence-corrected chi connectivity index (χ1v) is 10.6. The van der Waals surface area contributed by atoms with Gasteiger partial charge in [-0.15, -0.1) is 0 Å². The van der Waals surface area contributed by atoms with Gasteiger partial charge in [0.15, 0.2) is 0 Å². The molecular formula is C23H37NO4. The second-order valence-corrected chi connectivity index (χ2v) is 7.29. The minimum Gasteiger partial charge on any atom is -0.497 e. The Morgan fingerprint density at radius 1 is 0.857 bits per heavy atom. The van der Waals surface area contributed by atoms with Crippen molar-refractivity contribution in [1.82, 2.24) is 4.90 Å². The maximum absolute atomic E-state index is 12.3. The molecule has 0 saturated heterocycles. The van der Waals surface area contributed by atoms with Crippen LogP contribution in [0, 0.1) is 0 Å². The number of likely N-dealkylation sites (N-methyl/N-ethyl adjacent to an activating group) is 1. The van der Waals surface area contributed by atoms with Crippen LogP contribution in [-0.4, -0.2) is 44.1 Å². The highest BCUT2D eigenvalue weighted by Gasteiger charge is 2.15. The van der Waals surface area contributed by atoms with Crippen molar-refractivity contribution in [1.29, 1.82) is 0 Å². The lowest BCUT2D eigenvalue weighted by Crippen LogP contribution is -2.33. The van der Waals surface area contributed by atoms with E-state index in [9.17, 15) is 9.59 Å². The van der Waals surface area contributed by atoms with E-state index in [2.05, 4.69) is 6.92 Å². The molecule has 0 fully saturated rings. The van der Waals surface area contributed by atoms with Crippen molar-refractivity contribution >= 4 is 11.9 Å². The molecule has 0 unspecified atom stereocenters. The number of rotatable bonds is 15. The molecule has 0 heterocycles. The fraction of sp³-hybridized carbons (Fsp3) is 0.652. The van der Waals surface area contributed by atoms with Crippen molar-refractivity contribution in [3.63, 3.8) is 0 Å². The second-order valence-electron chi connectivity index (χ2n) is 7.29. The highest BCUT2D eigenvalue weighted by atomic mass is 16.5. The predicted molar refractivity (Wildman–Crippen MR) is 113 cm³/mol. The van der Waals surface area contributed by atoms with E-state index < -0.39 is 0 Å². The summed E-state index contributed by atoms with van der Waals surface area (Å²) in [5.41, 5.74) is 0.519. The summed E-state index contributed by atoms with van der Waals surface area (Å²) < 4.78 is 10.3. The number of amides is 1. The molecule has 0 atom stereocenters. The zero-order valence-corrected chi connectivity index (χ0v) is 17.9. The van der Waals surface area contributed by atoms with Crippen molar-refractivity contribution < 1.29 is 19.1 Å². The third-order valence-electron chi connectivity index (χ3n) is 4.81. The summed E-state index contributed by atoms with van der Waals surface area (Å²) in [6.07, 6.45) is 12.4. The van der Waals surface area contributed by atoms with Crippen LogP contribution in [0.15, 0.2) is 24.3 Å². The van der Waals surface area contributed by atoms with Gasteiger partial charge in [-0.3, -0.25) is 9.59 Å². The van der Waals surface area contributed by atoms with Crippen LogP contribution < -0.4 is 4.74 Å². The summed E-state index contributed by atoms with van der Waals surface area (Å²) in [6.45, 7) is 2.63. The summed E-state index contributed by atoms with van der Waals surface area (Å²) in [7, 11) is 3.18. The van der Waals surface area contributed by atoms with Gasteiger partial charge in [0.2, 0.25) is 0 Å². The molecule has 1 amide bonds. The molecule has 1 aromatic rings. The number of carbonyl (C=O) groups is 2. The van der Waals surface area contributed by atoms with Crippen LogP contribution in [0.2, 0.25) is 0 Å². The lowest BCUT2D eigenvalue weighted by atomic mass is 10.1. The Balaban J connectivity index is 2.08. The number of hydrogen-bond acceptors (Lipinski definition) is 4. The van der Waals surface area contributed by atoms with Gasteiger partial charge in [0.25, 0.3) is 5.91 Å². The SMILES string of the molecule is CCCCCCCCCCCCOC(=O)CN(C)C(=O)c1ccc(OC)cc1. The monoisotopic (exact) mass is 391 g/mol. The van der Waals surface area contributed by atoms with E-state index >= 15 is 0 Å². The van der Waals surface area contributed by atoms with Gasteiger partial charge in [0, 0.05) is 12.6 Å². The molecule has 0 aliphatic rings. The van der Waals surface area contributed by atoms with Crippen LogP contribution in [0.3, 0.4) is 0 Å². The maximum atomic E-state index is 12.3. The van der Waals surface area contributed by atoms with Gasteiger partial charge in [0.1, 0.15) is 12.3 Å². The fourth-order valence-electron chi connectivity index (χ4n) is 3.04. The lowest BCUT2D eigenvalue weighted by Gasteiger charge is -2.16. The molecule has 0 spiro atoms. The van der Waals surface area contributed by atoms with Gasteiger partial charge >= 0.3 is 5.97 Å². The summed E-state index contributed by atoms with van der Waals surface area (Å²) >= 11 is 0. The molecule has 0 aliphatic heterocycles. The van der Waals surface area contributed by atoms with E-state index in [1.54, 1.807) is 38.4 Å². The molecule has 1 aromatic carbocycles. The van der Waals surface area contributed by atoms with E-state index in [-0.39, 0.29) is 18.4 Å². The van der Waals surface area contributed by atoms with Crippen molar-refractivity contribution in [3.8, 4) is 5.75 Å². The summed E-state index contributed by atoms with van der Waals surface area (Å²) in [5, 5.41) is 0. The number of benzene rings is 1. The van der Waals surface area contributed by atoms with Gasteiger partial charge in [-0.1, -0.05) is 64.7 Å². The van der Waals surface area contributed by atoms with Crippen LogP contribution >= 0.6 is 0 Å². The highest BCUT2D eigenvalue weighted by molar-refractivity contribution is 5.95. The molecule has 5 heteroatoms. The Morgan fingerprint density at radius 2 is 1.39 bits per heavy atom. The van der Waals surface area contributed by atoms with Crippen molar-refractivity contribution in [3.05, 3.63) is 29.8 Å². The molecule has 0 bridgehead atoms. The number of carbonyl (C=O) groups excluding carboxylic acids is 2. The highest BCUT2D eigenvalue weighted by Crippen LogP contribution is 2.13. The first-order chi connectivity index (χ1) is 13.6. The van der Waals surface area contributed by atoms with E-state index in [1.807, 2.05) is 0 Å². The van der Waals surface area contributed by atoms with E-state index in [4.69, 9.17) is 9.47 Å². The standard InChI is InChI=1S/C23H37NO4/c1-4-5-6-7-8-9-10-11-12-13-18-28-22(25)19-24(2)23(26)20-14-16-21(27-3)17-15-20/h14-17H,4-13,18-19H2,1-3H3. The molecular weight excluding hydrogens is 354 g/mol. The number of nitrogens with zero attached hydrogens (tertiary/aromatic N) is 1. The van der Waals surface area contributed by atoms with E-state index in [0.717, 1.165) is 12.8 Å². The Hall–Kier alpha value is -2.04. The first kappa shape index (κ1) is 24.0. The largest absolute Gasteiger partial charge is 0.497 e. The molecule has 0 aromatic heterocycles. The summed E-state index contributed by atoms with van der Waals surface area (Å²) in [5.74, 6) is 0.119. The molecule has 0 aliphatic carbocycles. The summed E-state index contributed by atoms with van der Waals surface area (Å²) in [4.78, 5) is 25.6. The minimum atomic E-state index is -0.361. The van der Waals surface area contributed by atoms with Crippen LogP contribution in [0.5, 0.6) is 5.75 Å². The predicted octanol–water partition coefficient (Wildman–Crippen LogP) is 5.23. The molecule has 158 valence electrons. The first-order valence-electron chi connectivity index (χ1n) is 10.6. The number of hydrogen-bond donors (Lipinski definition) is 0. The normalized spacial score (nSPS) is 10.5. The van der Waals surface area contributed by atoms with Crippen LogP contribution in [0.4, 0.5) is 0 Å². The average Bonchev–Trinajstić information content (AvgIpc) is 2.71. The quantitative estimate of drug-likeness (QED) is 0.303. The van der Waals surface area contributed by atoms with Crippen molar-refractivity contribution in [2.75, 3.05) is 27.3 Å². The number of ether oxygens (including phenoxy) is 2. The zero-order valence-electron chi connectivity index (χ0n) is 17.9. The maximum Gasteiger partial charge on any atom is 0.325 e. The molecule has 28 heavy (non-hydrogen) atoms. The zero-order chi connectivity index (χ0) is 20.6. The minimum absolute atomic E-state index is 0.0391. The Bertz CT molecular complexity index is 556. The van der Waals surface area contributed by atoms with Crippen LogP contribution in [0.25, 0.3) is 0 Å². The molecule has 1 rings (SSSR count). The van der Waals surface area contributed by atoms with Crippen LogP contribution in [0.1, 0.15) is 81.5 Å². The lowest BCUT2D eigenvalue weighted by molar-refractivity contribution is -0.144. The average molecular weight is 392 g/mol. The Labute approximate surface area is 170 Å². The number of methoxy groups -OCH3 is 1. The third-order valence-corrected chi connectivity index (χ3v) is 4.81. The summed E-state index contributed by atoms with van der Waals surface area (Å²) in [6, 6.07) is 6.83. The number of unbranched alkanes of at least 4 members (excludes halogenated alkanes) is 9. The van der Waals surface area contributed by atoms with E-state index in [0.29, 0.717) is 17.9 Å². The molecule has 5 nitrogen and oxygen atoms in total. The van der Waals surface area contributed by atoms with Crippen molar-refractivity contribution in [2.24, 2.45) is 0 Å². The molecule has 0 N–H and O–H groups in total. The van der Waals surface area contributed by atoms with Gasteiger partial charge in [0.05, 0.1) is 13.7 Å². The molecule has 0 radical (unpaired) electrons. The third kappa shape index (κ3) is 10.3. The van der Waals surface area contributed by atoms with Gasteiger partial charge in [-0.05, 0) is 30.7 Å². The van der Waals surface area contributed by atoms with Crippen molar-refractivity contribution in [2.45, 2.75) is 71.1 Å². The second kappa shape index (κ2) is 14.9. The number of esters is 1.